The highest BCUT2D eigenvalue weighted by molar-refractivity contribution is 7.88. The largest absolute Gasteiger partial charge is 0.496 e. The number of benzene rings is 2. The molecule has 1 fully saturated rings. The minimum absolute atomic E-state index is 0.0509. The minimum atomic E-state index is -3.30. The van der Waals surface area contributed by atoms with Gasteiger partial charge in [0, 0.05) is 19.0 Å². The van der Waals surface area contributed by atoms with E-state index in [4.69, 9.17) is 4.74 Å². The first-order chi connectivity index (χ1) is 14.1. The van der Waals surface area contributed by atoms with Crippen LogP contribution < -0.4 is 4.74 Å². The lowest BCUT2D eigenvalue weighted by molar-refractivity contribution is 0.318. The Balaban J connectivity index is 1.42. The summed E-state index contributed by atoms with van der Waals surface area (Å²) in [6.45, 7) is 1.03. The fourth-order valence-corrected chi connectivity index (χ4v) is 6.19. The Morgan fingerprint density at radius 1 is 1.03 bits per heavy atom. The topological polar surface area (TPSA) is 72.4 Å². The van der Waals surface area contributed by atoms with Gasteiger partial charge in [0.2, 0.25) is 10.0 Å². The van der Waals surface area contributed by atoms with Crippen molar-refractivity contribution in [2.45, 2.75) is 24.5 Å². The molecule has 2 aromatic carbocycles. The average molecular weight is 430 g/mol. The molecule has 6 nitrogen and oxygen atoms in total. The monoisotopic (exact) mass is 429 g/mol. The maximum atomic E-state index is 12.7. The molecule has 0 saturated carbocycles. The third-order valence-electron chi connectivity index (χ3n) is 5.17. The van der Waals surface area contributed by atoms with Crippen molar-refractivity contribution in [3.05, 3.63) is 65.2 Å². The molecule has 4 rings (SSSR count). The summed E-state index contributed by atoms with van der Waals surface area (Å²) in [5, 5.41) is 10.5. The van der Waals surface area contributed by atoms with Crippen molar-refractivity contribution in [3.63, 3.8) is 0 Å². The minimum Gasteiger partial charge on any atom is -0.496 e. The molecular formula is C21H23N3O3S2. The zero-order valence-corrected chi connectivity index (χ0v) is 17.8. The van der Waals surface area contributed by atoms with Gasteiger partial charge in [-0.3, -0.25) is 0 Å². The normalized spacial score (nSPS) is 16.0. The highest BCUT2D eigenvalue weighted by Crippen LogP contribution is 2.37. The molecule has 1 aromatic heterocycles. The predicted octanol–water partition coefficient (Wildman–Crippen LogP) is 3.92. The first-order valence-corrected chi connectivity index (χ1v) is 12.0. The molecule has 0 atom stereocenters. The Labute approximate surface area is 175 Å². The fourth-order valence-electron chi connectivity index (χ4n) is 3.59. The summed E-state index contributed by atoms with van der Waals surface area (Å²) in [6.07, 6.45) is 1.52. The van der Waals surface area contributed by atoms with E-state index in [1.807, 2.05) is 54.6 Å². The number of hydrogen-bond acceptors (Lipinski definition) is 6. The van der Waals surface area contributed by atoms with E-state index >= 15 is 0 Å². The number of piperidine rings is 1. The lowest BCUT2D eigenvalue weighted by Crippen LogP contribution is -2.38. The summed E-state index contributed by atoms with van der Waals surface area (Å²) in [7, 11) is -1.66. The van der Waals surface area contributed by atoms with Crippen molar-refractivity contribution in [2.24, 2.45) is 0 Å². The van der Waals surface area contributed by atoms with Gasteiger partial charge in [-0.2, -0.15) is 0 Å². The molecule has 8 heteroatoms. The van der Waals surface area contributed by atoms with Crippen molar-refractivity contribution in [1.82, 2.24) is 14.5 Å². The van der Waals surface area contributed by atoms with E-state index < -0.39 is 10.0 Å². The number of hydrogen-bond donors (Lipinski definition) is 0. The van der Waals surface area contributed by atoms with Crippen LogP contribution in [-0.4, -0.2) is 43.1 Å². The number of para-hydroxylation sites is 1. The maximum absolute atomic E-state index is 12.7. The van der Waals surface area contributed by atoms with Crippen LogP contribution in [-0.2, 0) is 15.8 Å². The first kappa shape index (κ1) is 20.0. The second kappa shape index (κ2) is 8.61. The summed E-state index contributed by atoms with van der Waals surface area (Å²) in [4.78, 5) is 0. The van der Waals surface area contributed by atoms with Gasteiger partial charge >= 0.3 is 0 Å². The van der Waals surface area contributed by atoms with Crippen LogP contribution in [0, 0.1) is 0 Å². The fraction of sp³-hybridized carbons (Fsp3) is 0.333. The molecule has 1 aliphatic heterocycles. The SMILES string of the molecule is COc1ccccc1-c1nnc(C2CCN(S(=O)(=O)Cc3ccccc3)CC2)s1. The van der Waals surface area contributed by atoms with Crippen LogP contribution in [0.3, 0.4) is 0 Å². The molecule has 0 unspecified atom stereocenters. The Kier molecular flexibility index (Phi) is 5.94. The summed E-state index contributed by atoms with van der Waals surface area (Å²) in [5.41, 5.74) is 1.75. The lowest BCUT2D eigenvalue weighted by Gasteiger charge is -2.30. The molecule has 0 N–H and O–H groups in total. The highest BCUT2D eigenvalue weighted by Gasteiger charge is 2.30. The van der Waals surface area contributed by atoms with Crippen molar-refractivity contribution >= 4 is 21.4 Å². The van der Waals surface area contributed by atoms with E-state index in [2.05, 4.69) is 10.2 Å². The first-order valence-electron chi connectivity index (χ1n) is 9.55. The number of rotatable bonds is 6. The quantitative estimate of drug-likeness (QED) is 0.594. The van der Waals surface area contributed by atoms with Crippen LogP contribution >= 0.6 is 11.3 Å². The Bertz CT molecular complexity index is 1060. The molecule has 29 heavy (non-hydrogen) atoms. The molecule has 0 bridgehead atoms. The van der Waals surface area contributed by atoms with E-state index in [9.17, 15) is 8.42 Å². The van der Waals surface area contributed by atoms with Crippen LogP contribution in [0.2, 0.25) is 0 Å². The van der Waals surface area contributed by atoms with Crippen molar-refractivity contribution < 1.29 is 13.2 Å². The molecule has 0 aliphatic carbocycles. The smallest absolute Gasteiger partial charge is 0.218 e. The van der Waals surface area contributed by atoms with E-state index in [-0.39, 0.29) is 11.7 Å². The Morgan fingerprint density at radius 2 is 1.72 bits per heavy atom. The van der Waals surface area contributed by atoms with Gasteiger partial charge in [-0.1, -0.05) is 53.8 Å². The highest BCUT2D eigenvalue weighted by atomic mass is 32.2. The van der Waals surface area contributed by atoms with Crippen LogP contribution in [0.15, 0.2) is 54.6 Å². The summed E-state index contributed by atoms with van der Waals surface area (Å²) < 4.78 is 32.5. The zero-order chi connectivity index (χ0) is 20.3. The Hall–Kier alpha value is -2.29. The number of aromatic nitrogens is 2. The molecule has 0 radical (unpaired) electrons. The lowest BCUT2D eigenvalue weighted by atomic mass is 9.99. The molecular weight excluding hydrogens is 406 g/mol. The van der Waals surface area contributed by atoms with Gasteiger partial charge in [-0.15, -0.1) is 10.2 Å². The van der Waals surface area contributed by atoms with Gasteiger partial charge in [-0.25, -0.2) is 12.7 Å². The van der Waals surface area contributed by atoms with E-state index in [1.54, 1.807) is 22.8 Å². The average Bonchev–Trinajstić information content (AvgIpc) is 3.24. The van der Waals surface area contributed by atoms with Gasteiger partial charge in [0.15, 0.2) is 5.01 Å². The standard InChI is InChI=1S/C21H23N3O3S2/c1-27-19-10-6-5-9-18(19)21-23-22-20(28-21)17-11-13-24(14-12-17)29(25,26)15-16-7-3-2-4-8-16/h2-10,17H,11-15H2,1H3. The molecule has 3 aromatic rings. The summed E-state index contributed by atoms with van der Waals surface area (Å²) in [6, 6.07) is 17.1. The number of sulfonamides is 1. The van der Waals surface area contributed by atoms with Gasteiger partial charge < -0.3 is 4.74 Å². The molecule has 152 valence electrons. The van der Waals surface area contributed by atoms with Crippen molar-refractivity contribution in [2.75, 3.05) is 20.2 Å². The third-order valence-corrected chi connectivity index (χ3v) is 8.14. The Morgan fingerprint density at radius 3 is 2.45 bits per heavy atom. The molecule has 0 spiro atoms. The summed E-state index contributed by atoms with van der Waals surface area (Å²) >= 11 is 1.56. The van der Waals surface area contributed by atoms with E-state index in [0.717, 1.165) is 39.7 Å². The van der Waals surface area contributed by atoms with Gasteiger partial charge in [0.25, 0.3) is 0 Å². The second-order valence-corrected chi connectivity index (χ2v) is 10.0. The van der Waals surface area contributed by atoms with Crippen LogP contribution in [0.5, 0.6) is 5.75 Å². The van der Waals surface area contributed by atoms with Gasteiger partial charge in [0.1, 0.15) is 10.8 Å². The van der Waals surface area contributed by atoms with Gasteiger partial charge in [-0.05, 0) is 30.5 Å². The number of nitrogens with zero attached hydrogens (tertiary/aromatic N) is 3. The summed E-state index contributed by atoms with van der Waals surface area (Å²) in [5.74, 6) is 1.06. The van der Waals surface area contributed by atoms with Crippen LogP contribution in [0.25, 0.3) is 10.6 Å². The molecule has 0 amide bonds. The second-order valence-electron chi connectivity index (χ2n) is 7.06. The van der Waals surface area contributed by atoms with Gasteiger partial charge in [0.05, 0.1) is 18.4 Å². The zero-order valence-electron chi connectivity index (χ0n) is 16.2. The molecule has 1 aliphatic rings. The van der Waals surface area contributed by atoms with Crippen molar-refractivity contribution in [3.8, 4) is 16.3 Å². The molecule has 1 saturated heterocycles. The third kappa shape index (κ3) is 4.49. The van der Waals surface area contributed by atoms with E-state index in [1.165, 1.54) is 0 Å². The van der Waals surface area contributed by atoms with Crippen molar-refractivity contribution in [1.29, 1.82) is 0 Å². The number of ether oxygens (including phenoxy) is 1. The van der Waals surface area contributed by atoms with Crippen LogP contribution in [0.4, 0.5) is 0 Å². The number of methoxy groups -OCH3 is 1. The van der Waals surface area contributed by atoms with E-state index in [0.29, 0.717) is 13.1 Å². The predicted molar refractivity (Wildman–Crippen MR) is 115 cm³/mol. The van der Waals surface area contributed by atoms with Crippen LogP contribution in [0.1, 0.15) is 29.3 Å². The molecule has 2 heterocycles. The maximum Gasteiger partial charge on any atom is 0.218 e.